The maximum absolute atomic E-state index is 6.35. The van der Waals surface area contributed by atoms with Gasteiger partial charge >= 0.3 is 0 Å². The Balaban J connectivity index is 1.74. The maximum Gasteiger partial charge on any atom is 0.204 e. The van der Waals surface area contributed by atoms with E-state index >= 15 is 0 Å². The van der Waals surface area contributed by atoms with Crippen molar-refractivity contribution in [1.82, 2.24) is 0 Å². The fraction of sp³-hybridized carbons (Fsp3) is 1.00. The molecule has 20 heavy (non-hydrogen) atoms. The summed E-state index contributed by atoms with van der Waals surface area (Å²) in [5, 5.41) is 0. The van der Waals surface area contributed by atoms with Gasteiger partial charge in [0.25, 0.3) is 0 Å². The van der Waals surface area contributed by atoms with Crippen LogP contribution in [0.1, 0.15) is 58.8 Å². The zero-order chi connectivity index (χ0) is 13.8. The molecule has 4 heterocycles. The first-order chi connectivity index (χ1) is 9.70. The monoisotopic (exact) mass is 282 g/mol. The van der Waals surface area contributed by atoms with E-state index in [0.717, 1.165) is 38.7 Å². The summed E-state index contributed by atoms with van der Waals surface area (Å²) >= 11 is 0. The van der Waals surface area contributed by atoms with Crippen LogP contribution in [0.5, 0.6) is 0 Å². The molecule has 0 aromatic carbocycles. The highest BCUT2D eigenvalue weighted by atomic mass is 17.3. The van der Waals surface area contributed by atoms with Gasteiger partial charge in [0.15, 0.2) is 11.9 Å². The van der Waals surface area contributed by atoms with E-state index in [9.17, 15) is 0 Å². The Morgan fingerprint density at radius 3 is 2.85 bits per heavy atom. The van der Waals surface area contributed by atoms with E-state index in [-0.39, 0.29) is 11.9 Å². The van der Waals surface area contributed by atoms with Crippen molar-refractivity contribution in [2.45, 2.75) is 76.5 Å². The molecule has 4 heteroatoms. The Kier molecular flexibility index (Phi) is 3.15. The lowest BCUT2D eigenvalue weighted by Crippen LogP contribution is -2.67. The number of hydrogen-bond donors (Lipinski definition) is 0. The van der Waals surface area contributed by atoms with Gasteiger partial charge in [-0.05, 0) is 43.4 Å². The minimum atomic E-state index is -0.566. The fourth-order valence-electron chi connectivity index (χ4n) is 5.07. The second-order valence-electron chi connectivity index (χ2n) is 7.19. The van der Waals surface area contributed by atoms with Gasteiger partial charge in [-0.3, -0.25) is 0 Å². The number of hydrogen-bond acceptors (Lipinski definition) is 4. The maximum atomic E-state index is 6.35. The van der Waals surface area contributed by atoms with Crippen LogP contribution in [0.25, 0.3) is 0 Å². The SMILES string of the molecule is CCC[C@@]12CC[C@H]3[C@H](C)CC[C@H]4CCO[C@@H](O1)[C@]43OO2. The molecule has 0 radical (unpaired) electrons. The largest absolute Gasteiger partial charge is 0.349 e. The van der Waals surface area contributed by atoms with Crippen LogP contribution in [0.3, 0.4) is 0 Å². The molecule has 0 aromatic rings. The van der Waals surface area contributed by atoms with Crippen LogP contribution in [-0.2, 0) is 19.2 Å². The van der Waals surface area contributed by atoms with Gasteiger partial charge in [-0.15, -0.1) is 0 Å². The Bertz CT molecular complexity index is 383. The van der Waals surface area contributed by atoms with Crippen molar-refractivity contribution in [3.05, 3.63) is 0 Å². The molecule has 0 N–H and O–H groups in total. The predicted octanol–water partition coefficient (Wildman–Crippen LogP) is 3.40. The van der Waals surface area contributed by atoms with Gasteiger partial charge in [0, 0.05) is 12.8 Å². The van der Waals surface area contributed by atoms with Crippen LogP contribution in [0.2, 0.25) is 0 Å². The van der Waals surface area contributed by atoms with E-state index in [4.69, 9.17) is 19.2 Å². The summed E-state index contributed by atoms with van der Waals surface area (Å²) in [7, 11) is 0. The van der Waals surface area contributed by atoms with Crippen molar-refractivity contribution in [3.8, 4) is 0 Å². The standard InChI is InChI=1S/C16H26O4/c1-3-8-15-9-6-13-11(2)4-5-12-7-10-17-14(18-15)16(12,13)20-19-15/h11-14H,3-10H2,1-2H3/t11-,12+,13+,14+,15-,16+/m1/s1. The molecule has 1 aliphatic carbocycles. The lowest BCUT2D eigenvalue weighted by molar-refractivity contribution is -0.568. The highest BCUT2D eigenvalue weighted by Gasteiger charge is 2.67. The van der Waals surface area contributed by atoms with Crippen molar-refractivity contribution < 1.29 is 19.2 Å². The average molecular weight is 282 g/mol. The summed E-state index contributed by atoms with van der Waals surface area (Å²) < 4.78 is 12.4. The normalized spacial score (nSPS) is 54.3. The van der Waals surface area contributed by atoms with Gasteiger partial charge in [-0.2, -0.15) is 0 Å². The first-order valence-corrected chi connectivity index (χ1v) is 8.36. The summed E-state index contributed by atoms with van der Waals surface area (Å²) in [4.78, 5) is 12.0. The summed E-state index contributed by atoms with van der Waals surface area (Å²) in [6, 6.07) is 0. The third-order valence-corrected chi connectivity index (χ3v) is 6.11. The molecule has 5 fully saturated rings. The second kappa shape index (κ2) is 4.67. The van der Waals surface area contributed by atoms with E-state index in [1.807, 2.05) is 0 Å². The van der Waals surface area contributed by atoms with E-state index in [1.165, 1.54) is 12.8 Å². The Labute approximate surface area is 121 Å². The van der Waals surface area contributed by atoms with Crippen LogP contribution in [0, 0.1) is 17.8 Å². The molecule has 0 amide bonds. The van der Waals surface area contributed by atoms with Crippen LogP contribution in [-0.4, -0.2) is 24.3 Å². The highest BCUT2D eigenvalue weighted by Crippen LogP contribution is 2.59. The van der Waals surface area contributed by atoms with Crippen LogP contribution in [0.4, 0.5) is 0 Å². The van der Waals surface area contributed by atoms with E-state index in [0.29, 0.717) is 17.8 Å². The van der Waals surface area contributed by atoms with Crippen LogP contribution >= 0.6 is 0 Å². The van der Waals surface area contributed by atoms with Gasteiger partial charge < -0.3 is 9.47 Å². The first kappa shape index (κ1) is 13.5. The molecule has 2 bridgehead atoms. The molecule has 6 atom stereocenters. The third kappa shape index (κ3) is 1.68. The number of fused-ring (bicyclic) bond motifs is 2. The van der Waals surface area contributed by atoms with Crippen molar-refractivity contribution in [2.75, 3.05) is 6.61 Å². The molecule has 4 aliphatic heterocycles. The zero-order valence-corrected chi connectivity index (χ0v) is 12.6. The zero-order valence-electron chi connectivity index (χ0n) is 12.6. The molecule has 114 valence electrons. The Hall–Kier alpha value is -0.160. The summed E-state index contributed by atoms with van der Waals surface area (Å²) in [6.07, 6.45) is 7.35. The number of rotatable bonds is 2. The summed E-state index contributed by atoms with van der Waals surface area (Å²) in [5.41, 5.74) is -0.344. The van der Waals surface area contributed by atoms with Crippen molar-refractivity contribution in [3.63, 3.8) is 0 Å². The predicted molar refractivity (Wildman–Crippen MR) is 72.6 cm³/mol. The highest BCUT2D eigenvalue weighted by molar-refractivity contribution is 5.07. The number of ether oxygens (including phenoxy) is 2. The molecular formula is C16H26O4. The molecule has 4 nitrogen and oxygen atoms in total. The smallest absolute Gasteiger partial charge is 0.204 e. The molecule has 5 aliphatic rings. The van der Waals surface area contributed by atoms with Gasteiger partial charge in [-0.1, -0.05) is 20.3 Å². The van der Waals surface area contributed by atoms with Crippen molar-refractivity contribution in [2.24, 2.45) is 17.8 Å². The average Bonchev–Trinajstić information content (AvgIpc) is 2.69. The Morgan fingerprint density at radius 1 is 1.10 bits per heavy atom. The van der Waals surface area contributed by atoms with Crippen LogP contribution < -0.4 is 0 Å². The van der Waals surface area contributed by atoms with Gasteiger partial charge in [-0.25, -0.2) is 9.78 Å². The quantitative estimate of drug-likeness (QED) is 0.727. The van der Waals surface area contributed by atoms with Gasteiger partial charge in [0.05, 0.1) is 6.61 Å². The third-order valence-electron chi connectivity index (χ3n) is 6.11. The fourth-order valence-corrected chi connectivity index (χ4v) is 5.07. The molecule has 0 unspecified atom stereocenters. The molecule has 4 saturated heterocycles. The topological polar surface area (TPSA) is 36.9 Å². The van der Waals surface area contributed by atoms with Crippen LogP contribution in [0.15, 0.2) is 0 Å². The van der Waals surface area contributed by atoms with Gasteiger partial charge in [0.2, 0.25) is 5.79 Å². The Morgan fingerprint density at radius 2 is 2.00 bits per heavy atom. The van der Waals surface area contributed by atoms with E-state index in [1.54, 1.807) is 0 Å². The van der Waals surface area contributed by atoms with Gasteiger partial charge in [0.1, 0.15) is 0 Å². The minimum absolute atomic E-state index is 0.225. The lowest BCUT2D eigenvalue weighted by Gasteiger charge is -2.57. The molecule has 0 aromatic heterocycles. The molecule has 1 spiro atoms. The summed E-state index contributed by atoms with van der Waals surface area (Å²) in [6.45, 7) is 5.32. The molecular weight excluding hydrogens is 256 g/mol. The van der Waals surface area contributed by atoms with E-state index in [2.05, 4.69) is 13.8 Å². The summed E-state index contributed by atoms with van der Waals surface area (Å²) in [5.74, 6) is 1.13. The first-order valence-electron chi connectivity index (χ1n) is 8.36. The lowest BCUT2D eigenvalue weighted by atomic mass is 9.61. The van der Waals surface area contributed by atoms with Crippen molar-refractivity contribution >= 4 is 0 Å². The minimum Gasteiger partial charge on any atom is -0.349 e. The molecule has 1 saturated carbocycles. The second-order valence-corrected chi connectivity index (χ2v) is 7.19. The van der Waals surface area contributed by atoms with Crippen molar-refractivity contribution in [1.29, 1.82) is 0 Å². The van der Waals surface area contributed by atoms with E-state index < -0.39 is 5.79 Å². The molecule has 5 rings (SSSR count).